The molecule has 0 atom stereocenters. The lowest BCUT2D eigenvalue weighted by molar-refractivity contribution is -0.385. The Morgan fingerprint density at radius 3 is 2.81 bits per heavy atom. The lowest BCUT2D eigenvalue weighted by atomic mass is 10.0. The van der Waals surface area contributed by atoms with Gasteiger partial charge in [-0.05, 0) is 42.5 Å². The molecule has 0 spiro atoms. The second-order valence-electron chi connectivity index (χ2n) is 3.72. The molecule has 4 heteroatoms. The summed E-state index contributed by atoms with van der Waals surface area (Å²) < 4.78 is 0. The predicted molar refractivity (Wildman–Crippen MR) is 59.6 cm³/mol. The molecule has 1 aromatic carbocycles. The fourth-order valence-corrected chi connectivity index (χ4v) is 1.92. The predicted octanol–water partition coefficient (Wildman–Crippen LogP) is 3.03. The van der Waals surface area contributed by atoms with Crippen LogP contribution in [0.25, 0.3) is 5.57 Å². The molecule has 0 aromatic heterocycles. The average Bonchev–Trinajstić information content (AvgIpc) is 2.81. The Kier molecular flexibility index (Phi) is 2.69. The van der Waals surface area contributed by atoms with Crippen molar-refractivity contribution in [3.05, 3.63) is 45.5 Å². The molecule has 1 aromatic rings. The molecular formula is C12H10N2O2. The summed E-state index contributed by atoms with van der Waals surface area (Å²) in [7, 11) is 0. The van der Waals surface area contributed by atoms with Crippen molar-refractivity contribution in [2.45, 2.75) is 19.3 Å². The van der Waals surface area contributed by atoms with E-state index in [4.69, 9.17) is 5.26 Å². The standard InChI is InChI=1S/C12H10N2O2/c13-8-11-7-10(9-3-1-2-4-9)5-6-12(11)14(15)16/h3,5-7H,1-2,4H2. The van der Waals surface area contributed by atoms with Gasteiger partial charge in [-0.25, -0.2) is 0 Å². The Labute approximate surface area is 93.0 Å². The maximum Gasteiger partial charge on any atom is 0.287 e. The van der Waals surface area contributed by atoms with E-state index in [9.17, 15) is 10.1 Å². The number of benzene rings is 1. The largest absolute Gasteiger partial charge is 0.287 e. The smallest absolute Gasteiger partial charge is 0.258 e. The number of allylic oxidation sites excluding steroid dienone is 2. The molecule has 0 fully saturated rings. The van der Waals surface area contributed by atoms with Gasteiger partial charge < -0.3 is 0 Å². The highest BCUT2D eigenvalue weighted by molar-refractivity contribution is 5.70. The van der Waals surface area contributed by atoms with Crippen molar-refractivity contribution < 1.29 is 4.92 Å². The average molecular weight is 214 g/mol. The van der Waals surface area contributed by atoms with Crippen molar-refractivity contribution in [3.63, 3.8) is 0 Å². The first-order chi connectivity index (χ1) is 7.72. The molecule has 0 unspecified atom stereocenters. The first kappa shape index (κ1) is 10.4. The molecule has 1 aliphatic rings. The first-order valence-corrected chi connectivity index (χ1v) is 5.10. The van der Waals surface area contributed by atoms with Crippen molar-refractivity contribution in [2.24, 2.45) is 0 Å². The lowest BCUT2D eigenvalue weighted by Crippen LogP contribution is -1.93. The molecule has 1 aliphatic carbocycles. The number of hydrogen-bond acceptors (Lipinski definition) is 3. The molecule has 2 rings (SSSR count). The van der Waals surface area contributed by atoms with Crippen molar-refractivity contribution in [2.75, 3.05) is 0 Å². The third-order valence-electron chi connectivity index (χ3n) is 2.73. The lowest BCUT2D eigenvalue weighted by Gasteiger charge is -2.02. The molecule has 0 saturated carbocycles. The fourth-order valence-electron chi connectivity index (χ4n) is 1.92. The van der Waals surface area contributed by atoms with Gasteiger partial charge in [0.05, 0.1) is 4.92 Å². The highest BCUT2D eigenvalue weighted by atomic mass is 16.6. The Morgan fingerprint density at radius 2 is 2.25 bits per heavy atom. The fraction of sp³-hybridized carbons (Fsp3) is 0.250. The highest BCUT2D eigenvalue weighted by Gasteiger charge is 2.15. The van der Waals surface area contributed by atoms with Crippen LogP contribution < -0.4 is 0 Å². The molecular weight excluding hydrogens is 204 g/mol. The Bertz CT molecular complexity index is 512. The van der Waals surface area contributed by atoms with Crippen molar-refractivity contribution in [1.29, 1.82) is 5.26 Å². The summed E-state index contributed by atoms with van der Waals surface area (Å²) in [6.07, 6.45) is 5.29. The zero-order chi connectivity index (χ0) is 11.5. The molecule has 80 valence electrons. The van der Waals surface area contributed by atoms with Gasteiger partial charge in [0, 0.05) is 6.07 Å². The SMILES string of the molecule is N#Cc1cc(C2=CCCC2)ccc1[N+](=O)[O-]. The summed E-state index contributed by atoms with van der Waals surface area (Å²) >= 11 is 0. The van der Waals surface area contributed by atoms with E-state index in [2.05, 4.69) is 6.08 Å². The van der Waals surface area contributed by atoms with Gasteiger partial charge in [-0.3, -0.25) is 10.1 Å². The van der Waals surface area contributed by atoms with E-state index in [0.717, 1.165) is 24.8 Å². The molecule has 0 bridgehead atoms. The van der Waals surface area contributed by atoms with Crippen molar-refractivity contribution in [1.82, 2.24) is 0 Å². The summed E-state index contributed by atoms with van der Waals surface area (Å²) in [6, 6.07) is 6.61. The van der Waals surface area contributed by atoms with Crippen molar-refractivity contribution in [3.8, 4) is 6.07 Å². The number of nitro benzene ring substituents is 1. The monoisotopic (exact) mass is 214 g/mol. The van der Waals surface area contributed by atoms with E-state index in [1.54, 1.807) is 12.1 Å². The topological polar surface area (TPSA) is 66.9 Å². The van der Waals surface area contributed by atoms with Crippen LogP contribution in [-0.2, 0) is 0 Å². The molecule has 16 heavy (non-hydrogen) atoms. The van der Waals surface area contributed by atoms with E-state index in [0.29, 0.717) is 0 Å². The normalized spacial score (nSPS) is 14.3. The van der Waals surface area contributed by atoms with Gasteiger partial charge in [0.2, 0.25) is 0 Å². The molecule has 4 nitrogen and oxygen atoms in total. The van der Waals surface area contributed by atoms with Crippen LogP contribution in [0.4, 0.5) is 5.69 Å². The first-order valence-electron chi connectivity index (χ1n) is 5.10. The van der Waals surface area contributed by atoms with Gasteiger partial charge in [0.25, 0.3) is 5.69 Å². The van der Waals surface area contributed by atoms with E-state index >= 15 is 0 Å². The van der Waals surface area contributed by atoms with Crippen LogP contribution in [0.3, 0.4) is 0 Å². The van der Waals surface area contributed by atoms with E-state index in [1.165, 1.54) is 11.6 Å². The second-order valence-corrected chi connectivity index (χ2v) is 3.72. The number of nitro groups is 1. The van der Waals surface area contributed by atoms with Crippen LogP contribution in [0.2, 0.25) is 0 Å². The molecule has 0 saturated heterocycles. The summed E-state index contributed by atoms with van der Waals surface area (Å²) in [5.74, 6) is 0. The van der Waals surface area contributed by atoms with E-state index in [1.807, 2.05) is 6.07 Å². The summed E-state index contributed by atoms with van der Waals surface area (Å²) in [6.45, 7) is 0. The Morgan fingerprint density at radius 1 is 1.44 bits per heavy atom. The van der Waals surface area contributed by atoms with Gasteiger partial charge in [-0.15, -0.1) is 0 Å². The third kappa shape index (κ3) is 1.80. The molecule has 0 radical (unpaired) electrons. The van der Waals surface area contributed by atoms with Crippen molar-refractivity contribution >= 4 is 11.3 Å². The summed E-state index contributed by atoms with van der Waals surface area (Å²) in [4.78, 5) is 10.1. The molecule has 0 N–H and O–H groups in total. The van der Waals surface area contributed by atoms with E-state index < -0.39 is 4.92 Å². The van der Waals surface area contributed by atoms with E-state index in [-0.39, 0.29) is 11.3 Å². The maximum atomic E-state index is 10.7. The zero-order valence-electron chi connectivity index (χ0n) is 8.64. The number of nitrogens with zero attached hydrogens (tertiary/aromatic N) is 2. The van der Waals surface area contributed by atoms with Crippen LogP contribution in [0.1, 0.15) is 30.4 Å². The summed E-state index contributed by atoms with van der Waals surface area (Å²) in [5, 5.41) is 19.5. The zero-order valence-corrected chi connectivity index (χ0v) is 8.64. The van der Waals surface area contributed by atoms with Crippen LogP contribution in [0, 0.1) is 21.4 Å². The van der Waals surface area contributed by atoms with Gasteiger partial charge in [-0.1, -0.05) is 6.08 Å². The minimum atomic E-state index is -0.522. The maximum absolute atomic E-state index is 10.7. The van der Waals surface area contributed by atoms with Gasteiger partial charge in [-0.2, -0.15) is 5.26 Å². The minimum Gasteiger partial charge on any atom is -0.258 e. The second kappa shape index (κ2) is 4.15. The Balaban J connectivity index is 2.45. The minimum absolute atomic E-state index is 0.121. The van der Waals surface area contributed by atoms with Crippen LogP contribution in [0.15, 0.2) is 24.3 Å². The third-order valence-corrected chi connectivity index (χ3v) is 2.73. The van der Waals surface area contributed by atoms with Crippen LogP contribution in [0.5, 0.6) is 0 Å². The van der Waals surface area contributed by atoms with Gasteiger partial charge in [0.15, 0.2) is 0 Å². The van der Waals surface area contributed by atoms with Gasteiger partial charge in [0.1, 0.15) is 11.6 Å². The number of nitriles is 1. The van der Waals surface area contributed by atoms with Crippen LogP contribution in [-0.4, -0.2) is 4.92 Å². The highest BCUT2D eigenvalue weighted by Crippen LogP contribution is 2.30. The molecule has 0 aliphatic heterocycles. The van der Waals surface area contributed by atoms with Crippen LogP contribution >= 0.6 is 0 Å². The quantitative estimate of drug-likeness (QED) is 0.561. The molecule has 0 heterocycles. The summed E-state index contributed by atoms with van der Waals surface area (Å²) in [5.41, 5.74) is 2.13. The number of rotatable bonds is 2. The Hall–Kier alpha value is -2.15. The molecule has 0 amide bonds. The van der Waals surface area contributed by atoms with Gasteiger partial charge >= 0.3 is 0 Å². The number of hydrogen-bond donors (Lipinski definition) is 0.